The largest absolute Gasteiger partial charge is 0.339 e. The van der Waals surface area contributed by atoms with Crippen molar-refractivity contribution in [3.63, 3.8) is 0 Å². The number of nitrogens with zero attached hydrogens (tertiary/aromatic N) is 3. The molecule has 0 aromatic rings. The highest BCUT2D eigenvalue weighted by atomic mass is 15.6. The van der Waals surface area contributed by atoms with Crippen LogP contribution in [0.3, 0.4) is 0 Å². The first-order valence-corrected chi connectivity index (χ1v) is 5.54. The van der Waals surface area contributed by atoms with Gasteiger partial charge >= 0.3 is 0 Å². The summed E-state index contributed by atoms with van der Waals surface area (Å²) in [5.41, 5.74) is 0.336. The van der Waals surface area contributed by atoms with Crippen molar-refractivity contribution >= 4 is 6.34 Å². The summed E-state index contributed by atoms with van der Waals surface area (Å²) in [6.07, 6.45) is 3.59. The molecule has 14 heavy (non-hydrogen) atoms. The minimum absolute atomic E-state index is 0.336. The smallest absolute Gasteiger partial charge is 0.118 e. The Hall–Kier alpha value is -0.730. The van der Waals surface area contributed by atoms with Gasteiger partial charge in [-0.25, -0.2) is 0 Å². The second-order valence-electron chi connectivity index (χ2n) is 5.11. The van der Waals surface area contributed by atoms with E-state index in [-0.39, 0.29) is 0 Å². The van der Waals surface area contributed by atoms with Crippen LogP contribution in [0.5, 0.6) is 0 Å². The number of hydrogen-bond donors (Lipinski definition) is 0. The molecule has 0 aromatic carbocycles. The molecule has 0 bridgehead atoms. The van der Waals surface area contributed by atoms with Gasteiger partial charge in [0, 0.05) is 13.1 Å². The summed E-state index contributed by atoms with van der Waals surface area (Å²) < 4.78 is 0. The van der Waals surface area contributed by atoms with E-state index in [1.807, 2.05) is 6.34 Å². The summed E-state index contributed by atoms with van der Waals surface area (Å²) in [7, 11) is 0. The summed E-state index contributed by atoms with van der Waals surface area (Å²) in [5.74, 6) is 0. The fourth-order valence-electron chi connectivity index (χ4n) is 1.89. The van der Waals surface area contributed by atoms with Gasteiger partial charge in [0.05, 0.1) is 0 Å². The van der Waals surface area contributed by atoms with Gasteiger partial charge in [-0.05, 0) is 18.8 Å². The third kappa shape index (κ3) is 2.63. The molecule has 3 nitrogen and oxygen atoms in total. The van der Waals surface area contributed by atoms with Crippen LogP contribution in [0.25, 0.3) is 0 Å². The highest BCUT2D eigenvalue weighted by molar-refractivity contribution is 5.57. The van der Waals surface area contributed by atoms with Crippen molar-refractivity contribution in [2.75, 3.05) is 13.1 Å². The predicted molar refractivity (Wildman–Crippen MR) is 61.1 cm³/mol. The average Bonchev–Trinajstić information content (AvgIpc) is 2.43. The molecule has 0 aliphatic carbocycles. The standard InChI is InChI=1S/C11H23N3/c1-6-10-13(8-11(3,4)5)9-12-14(10)7-2/h9-10H,6-8H2,1-5H3. The lowest BCUT2D eigenvalue weighted by molar-refractivity contribution is 0.109. The van der Waals surface area contributed by atoms with Gasteiger partial charge in [-0.15, -0.1) is 0 Å². The van der Waals surface area contributed by atoms with Crippen LogP contribution >= 0.6 is 0 Å². The van der Waals surface area contributed by atoms with Gasteiger partial charge < -0.3 is 4.90 Å². The van der Waals surface area contributed by atoms with E-state index in [2.05, 4.69) is 49.6 Å². The molecule has 1 atom stereocenters. The van der Waals surface area contributed by atoms with E-state index >= 15 is 0 Å². The van der Waals surface area contributed by atoms with E-state index < -0.39 is 0 Å². The molecule has 0 saturated heterocycles. The minimum Gasteiger partial charge on any atom is -0.339 e. The van der Waals surface area contributed by atoms with Gasteiger partial charge in [-0.3, -0.25) is 5.01 Å². The van der Waals surface area contributed by atoms with Gasteiger partial charge in [0.1, 0.15) is 12.5 Å². The lowest BCUT2D eigenvalue weighted by Gasteiger charge is -2.33. The molecule has 0 saturated carbocycles. The average molecular weight is 197 g/mol. The molecule has 0 amide bonds. The highest BCUT2D eigenvalue weighted by Crippen LogP contribution is 2.21. The Morgan fingerprint density at radius 3 is 2.36 bits per heavy atom. The fourth-order valence-corrected chi connectivity index (χ4v) is 1.89. The van der Waals surface area contributed by atoms with Crippen molar-refractivity contribution in [3.05, 3.63) is 0 Å². The molecule has 1 unspecified atom stereocenters. The number of rotatable bonds is 3. The first kappa shape index (κ1) is 11.3. The molecule has 0 fully saturated rings. The van der Waals surface area contributed by atoms with Crippen LogP contribution in [0, 0.1) is 5.41 Å². The van der Waals surface area contributed by atoms with E-state index in [0.717, 1.165) is 19.5 Å². The normalized spacial score (nSPS) is 22.2. The molecule has 0 spiro atoms. The van der Waals surface area contributed by atoms with Gasteiger partial charge in [0.2, 0.25) is 0 Å². The quantitative estimate of drug-likeness (QED) is 0.691. The van der Waals surface area contributed by atoms with E-state index in [1.165, 1.54) is 0 Å². The Labute approximate surface area is 87.8 Å². The molecule has 3 heteroatoms. The van der Waals surface area contributed by atoms with E-state index in [9.17, 15) is 0 Å². The van der Waals surface area contributed by atoms with Crippen molar-refractivity contribution in [2.24, 2.45) is 10.5 Å². The third-order valence-electron chi connectivity index (χ3n) is 2.42. The summed E-state index contributed by atoms with van der Waals surface area (Å²) in [4.78, 5) is 2.35. The van der Waals surface area contributed by atoms with Gasteiger partial charge in [0.25, 0.3) is 0 Å². The molecular weight excluding hydrogens is 174 g/mol. The maximum Gasteiger partial charge on any atom is 0.118 e. The van der Waals surface area contributed by atoms with Crippen molar-refractivity contribution in [2.45, 2.75) is 47.2 Å². The maximum absolute atomic E-state index is 4.41. The Balaban J connectivity index is 2.59. The van der Waals surface area contributed by atoms with Crippen molar-refractivity contribution < 1.29 is 0 Å². The second kappa shape index (κ2) is 4.20. The van der Waals surface area contributed by atoms with Crippen molar-refractivity contribution in [1.82, 2.24) is 9.91 Å². The molecule has 1 heterocycles. The molecule has 1 aliphatic rings. The molecule has 0 aromatic heterocycles. The van der Waals surface area contributed by atoms with Crippen LogP contribution in [0.4, 0.5) is 0 Å². The number of hydrazone groups is 1. The van der Waals surface area contributed by atoms with Crippen LogP contribution in [0.2, 0.25) is 0 Å². The third-order valence-corrected chi connectivity index (χ3v) is 2.42. The molecule has 1 aliphatic heterocycles. The number of hydrogen-bond acceptors (Lipinski definition) is 3. The Bertz CT molecular complexity index is 205. The summed E-state index contributed by atoms with van der Waals surface area (Å²) in [6, 6.07) is 0. The van der Waals surface area contributed by atoms with Crippen LogP contribution in [-0.2, 0) is 0 Å². The Morgan fingerprint density at radius 1 is 1.29 bits per heavy atom. The van der Waals surface area contributed by atoms with Crippen LogP contribution < -0.4 is 0 Å². The Morgan fingerprint density at radius 2 is 1.93 bits per heavy atom. The van der Waals surface area contributed by atoms with E-state index in [4.69, 9.17) is 0 Å². The first-order chi connectivity index (χ1) is 6.48. The zero-order valence-electron chi connectivity index (χ0n) is 10.1. The lowest BCUT2D eigenvalue weighted by Crippen LogP contribution is -2.42. The van der Waals surface area contributed by atoms with Gasteiger partial charge in [-0.1, -0.05) is 27.7 Å². The monoisotopic (exact) mass is 197 g/mol. The zero-order valence-corrected chi connectivity index (χ0v) is 10.1. The molecule has 0 radical (unpaired) electrons. The van der Waals surface area contributed by atoms with E-state index in [0.29, 0.717) is 11.6 Å². The van der Waals surface area contributed by atoms with Crippen LogP contribution in [0.15, 0.2) is 5.10 Å². The summed E-state index contributed by atoms with van der Waals surface area (Å²) >= 11 is 0. The van der Waals surface area contributed by atoms with Gasteiger partial charge in [-0.2, -0.15) is 5.10 Å². The van der Waals surface area contributed by atoms with E-state index in [1.54, 1.807) is 0 Å². The second-order valence-corrected chi connectivity index (χ2v) is 5.11. The van der Waals surface area contributed by atoms with Crippen molar-refractivity contribution in [1.29, 1.82) is 0 Å². The minimum atomic E-state index is 0.336. The van der Waals surface area contributed by atoms with Crippen LogP contribution in [-0.4, -0.2) is 35.5 Å². The molecular formula is C11H23N3. The van der Waals surface area contributed by atoms with Gasteiger partial charge in [0.15, 0.2) is 0 Å². The highest BCUT2D eigenvalue weighted by Gasteiger charge is 2.27. The fraction of sp³-hybridized carbons (Fsp3) is 0.909. The lowest BCUT2D eigenvalue weighted by atomic mass is 9.96. The first-order valence-electron chi connectivity index (χ1n) is 5.54. The zero-order chi connectivity index (χ0) is 10.8. The molecule has 82 valence electrons. The van der Waals surface area contributed by atoms with Crippen molar-refractivity contribution in [3.8, 4) is 0 Å². The van der Waals surface area contributed by atoms with Crippen LogP contribution in [0.1, 0.15) is 41.0 Å². The predicted octanol–water partition coefficient (Wildman–Crippen LogP) is 2.35. The summed E-state index contributed by atoms with van der Waals surface area (Å²) in [6.45, 7) is 13.2. The Kier molecular flexibility index (Phi) is 3.40. The summed E-state index contributed by atoms with van der Waals surface area (Å²) in [5, 5.41) is 6.56. The topological polar surface area (TPSA) is 18.8 Å². The maximum atomic E-state index is 4.41. The molecule has 0 N–H and O–H groups in total. The SMILES string of the molecule is CCC1N(CC(C)(C)C)C=NN1CC. The molecule has 1 rings (SSSR count).